The molecule has 180 valence electrons. The van der Waals surface area contributed by atoms with Crippen molar-refractivity contribution in [2.45, 2.75) is 13.3 Å². The summed E-state index contributed by atoms with van der Waals surface area (Å²) in [6.45, 7) is 1.49. The molecular formula is C24H20F2N4O4S. The molecule has 2 heterocycles. The van der Waals surface area contributed by atoms with E-state index in [9.17, 15) is 22.0 Å². The Labute approximate surface area is 199 Å². The number of nitriles is 1. The monoisotopic (exact) mass is 498 g/mol. The molecule has 0 spiro atoms. The fourth-order valence-electron chi connectivity index (χ4n) is 3.60. The van der Waals surface area contributed by atoms with E-state index in [1.165, 1.54) is 35.9 Å². The van der Waals surface area contributed by atoms with Crippen molar-refractivity contribution in [3.63, 3.8) is 0 Å². The molecule has 0 unspecified atom stereocenters. The maximum absolute atomic E-state index is 14.3. The van der Waals surface area contributed by atoms with E-state index in [1.54, 1.807) is 13.1 Å². The van der Waals surface area contributed by atoms with Crippen molar-refractivity contribution in [2.24, 2.45) is 7.05 Å². The Morgan fingerprint density at radius 1 is 1.11 bits per heavy atom. The molecule has 0 aliphatic rings. The average molecular weight is 499 g/mol. The zero-order valence-electron chi connectivity index (χ0n) is 18.7. The zero-order chi connectivity index (χ0) is 25.3. The highest BCUT2D eigenvalue weighted by atomic mass is 32.2. The topological polar surface area (TPSA) is 117 Å². The van der Waals surface area contributed by atoms with Gasteiger partial charge >= 0.3 is 0 Å². The van der Waals surface area contributed by atoms with Crippen molar-refractivity contribution >= 4 is 26.6 Å². The summed E-state index contributed by atoms with van der Waals surface area (Å²) in [6.07, 6.45) is 1.57. The molecule has 35 heavy (non-hydrogen) atoms. The molecule has 0 saturated carbocycles. The largest absolute Gasteiger partial charge is 0.454 e. The summed E-state index contributed by atoms with van der Waals surface area (Å²) in [4.78, 5) is 15.8. The van der Waals surface area contributed by atoms with Crippen LogP contribution in [0.15, 0.2) is 53.5 Å². The minimum Gasteiger partial charge on any atom is -0.454 e. The molecule has 0 amide bonds. The number of hydrogen-bond acceptors (Lipinski definition) is 5. The lowest BCUT2D eigenvalue weighted by molar-refractivity contribution is 0.439. The number of aromatic nitrogens is 2. The number of benzene rings is 2. The van der Waals surface area contributed by atoms with Gasteiger partial charge in [-0.1, -0.05) is 0 Å². The van der Waals surface area contributed by atoms with Crippen molar-refractivity contribution < 1.29 is 21.9 Å². The SMILES string of the molecule is CCS(=O)(=O)Nc1ccc(Oc2ccc(F)cc2F)c(-c2cn(C)c(=O)c3cc(CC#N)[nH]c23)c1. The number of pyridine rings is 1. The second-order valence-electron chi connectivity index (χ2n) is 7.77. The normalized spacial score (nSPS) is 11.4. The van der Waals surface area contributed by atoms with Crippen molar-refractivity contribution in [3.05, 3.63) is 76.3 Å². The van der Waals surface area contributed by atoms with E-state index in [1.807, 2.05) is 6.07 Å². The summed E-state index contributed by atoms with van der Waals surface area (Å²) >= 11 is 0. The summed E-state index contributed by atoms with van der Waals surface area (Å²) in [5.74, 6) is -1.96. The van der Waals surface area contributed by atoms with Crippen molar-refractivity contribution in [2.75, 3.05) is 10.5 Å². The summed E-state index contributed by atoms with van der Waals surface area (Å²) in [7, 11) is -2.06. The van der Waals surface area contributed by atoms with Gasteiger partial charge in [0.15, 0.2) is 11.6 Å². The van der Waals surface area contributed by atoms with Crippen LogP contribution in [0.4, 0.5) is 14.5 Å². The van der Waals surface area contributed by atoms with Crippen LogP contribution in [0.3, 0.4) is 0 Å². The van der Waals surface area contributed by atoms with Crippen molar-refractivity contribution in [3.8, 4) is 28.7 Å². The van der Waals surface area contributed by atoms with E-state index >= 15 is 0 Å². The first-order valence-corrected chi connectivity index (χ1v) is 12.1. The number of fused-ring (bicyclic) bond motifs is 1. The van der Waals surface area contributed by atoms with Gasteiger partial charge in [-0.3, -0.25) is 9.52 Å². The first-order valence-electron chi connectivity index (χ1n) is 10.5. The molecule has 0 radical (unpaired) electrons. The molecular weight excluding hydrogens is 478 g/mol. The lowest BCUT2D eigenvalue weighted by Crippen LogP contribution is -2.16. The summed E-state index contributed by atoms with van der Waals surface area (Å²) in [5, 5.41) is 9.39. The van der Waals surface area contributed by atoms with Gasteiger partial charge in [0.05, 0.1) is 29.1 Å². The Morgan fingerprint density at radius 2 is 1.86 bits per heavy atom. The first kappa shape index (κ1) is 24.0. The molecule has 0 atom stereocenters. The summed E-state index contributed by atoms with van der Waals surface area (Å²) < 4.78 is 61.6. The third-order valence-electron chi connectivity index (χ3n) is 5.32. The predicted octanol–water partition coefficient (Wildman–Crippen LogP) is 4.43. The van der Waals surface area contributed by atoms with E-state index in [0.29, 0.717) is 33.8 Å². The third-order valence-corrected chi connectivity index (χ3v) is 6.63. The lowest BCUT2D eigenvalue weighted by Gasteiger charge is -2.16. The standard InChI is InChI=1S/C24H20F2N4O4S/c1-3-35(32,33)29-16-5-7-21(34-22-6-4-14(25)10-20(22)26)17(12-16)19-13-30(2)24(31)18-11-15(8-9-27)28-23(18)19/h4-7,10-13,28-29H,3,8H2,1-2H3. The highest BCUT2D eigenvalue weighted by molar-refractivity contribution is 7.92. The van der Waals surface area contributed by atoms with Gasteiger partial charge in [-0.05, 0) is 43.3 Å². The van der Waals surface area contributed by atoms with Crippen LogP contribution in [-0.2, 0) is 23.5 Å². The molecule has 4 aromatic rings. The highest BCUT2D eigenvalue weighted by Crippen LogP contribution is 2.39. The van der Waals surface area contributed by atoms with Crippen LogP contribution in [0.1, 0.15) is 12.6 Å². The maximum Gasteiger partial charge on any atom is 0.259 e. The predicted molar refractivity (Wildman–Crippen MR) is 128 cm³/mol. The van der Waals surface area contributed by atoms with Gasteiger partial charge in [0.2, 0.25) is 10.0 Å². The van der Waals surface area contributed by atoms with Gasteiger partial charge in [0, 0.05) is 41.8 Å². The highest BCUT2D eigenvalue weighted by Gasteiger charge is 2.19. The molecule has 11 heteroatoms. The molecule has 2 N–H and O–H groups in total. The number of nitrogens with one attached hydrogen (secondary N) is 2. The minimum atomic E-state index is -3.61. The second-order valence-corrected chi connectivity index (χ2v) is 9.78. The van der Waals surface area contributed by atoms with Gasteiger partial charge in [-0.25, -0.2) is 17.2 Å². The van der Waals surface area contributed by atoms with Gasteiger partial charge < -0.3 is 14.3 Å². The quantitative estimate of drug-likeness (QED) is 0.391. The van der Waals surface area contributed by atoms with Crippen LogP contribution < -0.4 is 15.0 Å². The van der Waals surface area contributed by atoms with Crippen molar-refractivity contribution in [1.82, 2.24) is 9.55 Å². The Bertz CT molecular complexity index is 1650. The van der Waals surface area contributed by atoms with E-state index in [4.69, 9.17) is 10.00 Å². The van der Waals surface area contributed by atoms with Crippen LogP contribution in [0.25, 0.3) is 22.0 Å². The third kappa shape index (κ3) is 4.88. The van der Waals surface area contributed by atoms with Gasteiger partial charge in [0.1, 0.15) is 11.6 Å². The second kappa shape index (κ2) is 9.23. The summed E-state index contributed by atoms with van der Waals surface area (Å²) in [6, 6.07) is 10.9. The van der Waals surface area contributed by atoms with Gasteiger partial charge in [-0.2, -0.15) is 5.26 Å². The summed E-state index contributed by atoms with van der Waals surface area (Å²) in [5.41, 5.74) is 1.61. The molecule has 0 aliphatic carbocycles. The van der Waals surface area contributed by atoms with Gasteiger partial charge in [0.25, 0.3) is 5.56 Å². The number of aromatic amines is 1. The van der Waals surface area contributed by atoms with Crippen molar-refractivity contribution in [1.29, 1.82) is 5.26 Å². The maximum atomic E-state index is 14.3. The average Bonchev–Trinajstić information content (AvgIpc) is 3.23. The van der Waals surface area contributed by atoms with Crippen LogP contribution in [-0.4, -0.2) is 23.7 Å². The lowest BCUT2D eigenvalue weighted by atomic mass is 10.0. The Hall–Kier alpha value is -4.17. The molecule has 2 aromatic heterocycles. The van der Waals surface area contributed by atoms with E-state index in [0.717, 1.165) is 12.1 Å². The van der Waals surface area contributed by atoms with Crippen LogP contribution >= 0.6 is 0 Å². The number of hydrogen-bond donors (Lipinski definition) is 2. The Morgan fingerprint density at radius 3 is 2.54 bits per heavy atom. The number of aryl methyl sites for hydroxylation is 1. The molecule has 2 aromatic carbocycles. The minimum absolute atomic E-state index is 0.0394. The van der Waals surface area contributed by atoms with E-state index < -0.39 is 21.7 Å². The number of rotatable bonds is 7. The molecule has 0 saturated heterocycles. The number of H-pyrrole nitrogens is 1. The molecule has 0 bridgehead atoms. The fourth-order valence-corrected chi connectivity index (χ4v) is 4.23. The van der Waals surface area contributed by atoms with Crippen LogP contribution in [0.2, 0.25) is 0 Å². The zero-order valence-corrected chi connectivity index (χ0v) is 19.5. The number of halogens is 2. The number of nitrogens with zero attached hydrogens (tertiary/aromatic N) is 2. The number of ether oxygens (including phenoxy) is 1. The van der Waals surface area contributed by atoms with E-state index in [-0.39, 0.29) is 34.9 Å². The van der Waals surface area contributed by atoms with Crippen LogP contribution in [0, 0.1) is 23.0 Å². The van der Waals surface area contributed by atoms with Crippen LogP contribution in [0.5, 0.6) is 11.5 Å². The number of sulfonamides is 1. The fraction of sp³-hybridized carbons (Fsp3) is 0.167. The molecule has 0 aliphatic heterocycles. The van der Waals surface area contributed by atoms with Gasteiger partial charge in [-0.15, -0.1) is 0 Å². The Kier molecular flexibility index (Phi) is 6.32. The molecule has 4 rings (SSSR count). The molecule has 0 fully saturated rings. The molecule has 8 nitrogen and oxygen atoms in total. The smallest absolute Gasteiger partial charge is 0.259 e. The Balaban J connectivity index is 1.96. The number of anilines is 1. The first-order chi connectivity index (χ1) is 16.6. The van der Waals surface area contributed by atoms with E-state index in [2.05, 4.69) is 9.71 Å².